The SMILES string of the molecule is CCCC(C)(CC)CC1C(C)C1(CC)C(C)CC. The van der Waals surface area contributed by atoms with Gasteiger partial charge in [0.15, 0.2) is 0 Å². The molecule has 1 aliphatic carbocycles. The van der Waals surface area contributed by atoms with E-state index in [0.717, 1.165) is 17.8 Å². The first-order valence-corrected chi connectivity index (χ1v) is 8.41. The maximum Gasteiger partial charge on any atom is -0.0215 e. The molecule has 1 aliphatic rings. The van der Waals surface area contributed by atoms with Crippen molar-refractivity contribution in [3.8, 4) is 0 Å². The molecule has 108 valence electrons. The minimum atomic E-state index is 0.595. The smallest absolute Gasteiger partial charge is 0.0215 e. The van der Waals surface area contributed by atoms with Gasteiger partial charge in [0.1, 0.15) is 0 Å². The van der Waals surface area contributed by atoms with E-state index in [-0.39, 0.29) is 0 Å². The Morgan fingerprint density at radius 3 is 2.17 bits per heavy atom. The monoisotopic (exact) mass is 252 g/mol. The quantitative estimate of drug-likeness (QED) is 0.475. The van der Waals surface area contributed by atoms with Crippen LogP contribution < -0.4 is 0 Å². The molecular weight excluding hydrogens is 216 g/mol. The van der Waals surface area contributed by atoms with E-state index >= 15 is 0 Å². The van der Waals surface area contributed by atoms with E-state index in [1.165, 1.54) is 38.5 Å². The average Bonchev–Trinajstić information content (AvgIpc) is 2.93. The van der Waals surface area contributed by atoms with Gasteiger partial charge in [-0.15, -0.1) is 0 Å². The molecule has 0 heterocycles. The molecule has 0 N–H and O–H groups in total. The van der Waals surface area contributed by atoms with Gasteiger partial charge in [-0.05, 0) is 47.8 Å². The average molecular weight is 252 g/mol. The molecule has 1 saturated carbocycles. The van der Waals surface area contributed by atoms with Gasteiger partial charge in [0.2, 0.25) is 0 Å². The van der Waals surface area contributed by atoms with Crippen LogP contribution in [0.3, 0.4) is 0 Å². The summed E-state index contributed by atoms with van der Waals surface area (Å²) in [6.45, 7) is 17.1. The zero-order chi connectivity index (χ0) is 14.0. The van der Waals surface area contributed by atoms with E-state index in [1.54, 1.807) is 0 Å². The second kappa shape index (κ2) is 5.97. The molecule has 5 atom stereocenters. The summed E-state index contributed by atoms with van der Waals surface area (Å²) in [7, 11) is 0. The summed E-state index contributed by atoms with van der Waals surface area (Å²) in [6, 6.07) is 0. The summed E-state index contributed by atoms with van der Waals surface area (Å²) in [5.41, 5.74) is 1.27. The normalized spacial score (nSPS) is 36.2. The van der Waals surface area contributed by atoms with Gasteiger partial charge in [-0.3, -0.25) is 0 Å². The lowest BCUT2D eigenvalue weighted by Gasteiger charge is -2.31. The summed E-state index contributed by atoms with van der Waals surface area (Å²) in [4.78, 5) is 0. The van der Waals surface area contributed by atoms with Crippen molar-refractivity contribution in [3.63, 3.8) is 0 Å². The molecule has 5 unspecified atom stereocenters. The molecule has 1 rings (SSSR count). The Morgan fingerprint density at radius 1 is 1.17 bits per heavy atom. The van der Waals surface area contributed by atoms with Crippen LogP contribution in [0.2, 0.25) is 0 Å². The maximum atomic E-state index is 2.53. The van der Waals surface area contributed by atoms with Crippen LogP contribution in [-0.4, -0.2) is 0 Å². The molecule has 0 saturated heterocycles. The van der Waals surface area contributed by atoms with Crippen LogP contribution in [0.15, 0.2) is 0 Å². The van der Waals surface area contributed by atoms with Crippen molar-refractivity contribution < 1.29 is 0 Å². The Bertz CT molecular complexity index is 257. The molecule has 0 amide bonds. The molecule has 0 spiro atoms. The van der Waals surface area contributed by atoms with Crippen molar-refractivity contribution >= 4 is 0 Å². The Morgan fingerprint density at radius 2 is 1.78 bits per heavy atom. The van der Waals surface area contributed by atoms with Crippen LogP contribution >= 0.6 is 0 Å². The van der Waals surface area contributed by atoms with Crippen LogP contribution in [0, 0.1) is 28.6 Å². The summed E-state index contributed by atoms with van der Waals surface area (Å²) in [6.07, 6.45) is 8.31. The Labute approximate surface area is 116 Å². The van der Waals surface area contributed by atoms with Crippen LogP contribution in [0.5, 0.6) is 0 Å². The van der Waals surface area contributed by atoms with E-state index in [1.807, 2.05) is 0 Å². The third-order valence-corrected chi connectivity index (χ3v) is 6.59. The zero-order valence-corrected chi connectivity index (χ0v) is 14.0. The van der Waals surface area contributed by atoms with Crippen LogP contribution in [0.25, 0.3) is 0 Å². The lowest BCUT2D eigenvalue weighted by molar-refractivity contribution is 0.198. The van der Waals surface area contributed by atoms with Crippen LogP contribution in [0.1, 0.15) is 87.0 Å². The molecule has 0 radical (unpaired) electrons. The number of hydrogen-bond acceptors (Lipinski definition) is 0. The van der Waals surface area contributed by atoms with Gasteiger partial charge in [0, 0.05) is 0 Å². The number of hydrogen-bond donors (Lipinski definition) is 0. The fourth-order valence-corrected chi connectivity index (χ4v) is 4.81. The Kier molecular flexibility index (Phi) is 5.32. The molecule has 1 fully saturated rings. The largest absolute Gasteiger partial charge is 0.0654 e. The molecule has 0 aromatic carbocycles. The van der Waals surface area contributed by atoms with Crippen LogP contribution in [-0.2, 0) is 0 Å². The molecule has 0 heteroatoms. The van der Waals surface area contributed by atoms with Crippen molar-refractivity contribution in [1.29, 1.82) is 0 Å². The highest BCUT2D eigenvalue weighted by Crippen LogP contribution is 2.69. The van der Waals surface area contributed by atoms with E-state index in [9.17, 15) is 0 Å². The van der Waals surface area contributed by atoms with Crippen molar-refractivity contribution in [1.82, 2.24) is 0 Å². The summed E-state index contributed by atoms with van der Waals surface area (Å²) < 4.78 is 0. The highest BCUT2D eigenvalue weighted by molar-refractivity contribution is 5.10. The first kappa shape index (κ1) is 16.1. The lowest BCUT2D eigenvalue weighted by atomic mass is 9.74. The van der Waals surface area contributed by atoms with E-state index in [4.69, 9.17) is 0 Å². The van der Waals surface area contributed by atoms with Crippen molar-refractivity contribution in [3.05, 3.63) is 0 Å². The van der Waals surface area contributed by atoms with Gasteiger partial charge in [0.25, 0.3) is 0 Å². The molecule has 18 heavy (non-hydrogen) atoms. The maximum absolute atomic E-state index is 2.53. The molecule has 0 aliphatic heterocycles. The van der Waals surface area contributed by atoms with E-state index in [2.05, 4.69) is 48.5 Å². The Hall–Kier alpha value is 0. The first-order chi connectivity index (χ1) is 8.41. The fourth-order valence-electron chi connectivity index (χ4n) is 4.81. The molecule has 0 nitrogen and oxygen atoms in total. The van der Waals surface area contributed by atoms with Crippen molar-refractivity contribution in [2.45, 2.75) is 87.0 Å². The molecule has 0 aromatic heterocycles. The van der Waals surface area contributed by atoms with Gasteiger partial charge in [-0.2, -0.15) is 0 Å². The summed E-state index contributed by atoms with van der Waals surface area (Å²) in [5, 5.41) is 0. The second-order valence-electron chi connectivity index (χ2n) is 7.29. The standard InChI is InChI=1S/C18H36/c1-8-12-17(7,10-3)13-16-15(6)18(16,11-4)14(5)9-2/h14-16H,8-13H2,1-7H3. The van der Waals surface area contributed by atoms with Crippen molar-refractivity contribution in [2.75, 3.05) is 0 Å². The zero-order valence-electron chi connectivity index (χ0n) is 14.0. The topological polar surface area (TPSA) is 0 Å². The lowest BCUT2D eigenvalue weighted by Crippen LogP contribution is -2.20. The number of rotatable bonds is 8. The highest BCUT2D eigenvalue weighted by atomic mass is 14.7. The fraction of sp³-hybridized carbons (Fsp3) is 1.00. The molecular formula is C18H36. The summed E-state index contributed by atoms with van der Waals surface area (Å²) >= 11 is 0. The minimum Gasteiger partial charge on any atom is -0.0654 e. The van der Waals surface area contributed by atoms with E-state index < -0.39 is 0 Å². The second-order valence-corrected chi connectivity index (χ2v) is 7.29. The predicted molar refractivity (Wildman–Crippen MR) is 82.8 cm³/mol. The minimum absolute atomic E-state index is 0.595. The predicted octanol–water partition coefficient (Wildman–Crippen LogP) is 6.30. The van der Waals surface area contributed by atoms with Crippen molar-refractivity contribution in [2.24, 2.45) is 28.6 Å². The van der Waals surface area contributed by atoms with Crippen LogP contribution in [0.4, 0.5) is 0 Å². The van der Waals surface area contributed by atoms with Gasteiger partial charge < -0.3 is 0 Å². The first-order valence-electron chi connectivity index (χ1n) is 8.41. The summed E-state index contributed by atoms with van der Waals surface area (Å²) in [5.74, 6) is 2.86. The Balaban J connectivity index is 2.74. The third kappa shape index (κ3) is 2.63. The highest BCUT2D eigenvalue weighted by Gasteiger charge is 2.62. The van der Waals surface area contributed by atoms with Gasteiger partial charge in [0.05, 0.1) is 0 Å². The molecule has 0 bridgehead atoms. The van der Waals surface area contributed by atoms with Gasteiger partial charge in [-0.1, -0.05) is 67.7 Å². The van der Waals surface area contributed by atoms with Gasteiger partial charge >= 0.3 is 0 Å². The third-order valence-electron chi connectivity index (χ3n) is 6.59. The van der Waals surface area contributed by atoms with E-state index in [0.29, 0.717) is 10.8 Å². The van der Waals surface area contributed by atoms with Gasteiger partial charge in [-0.25, -0.2) is 0 Å². The molecule has 0 aromatic rings.